The van der Waals surface area contributed by atoms with Gasteiger partial charge in [0.15, 0.2) is 0 Å². The van der Waals surface area contributed by atoms with Crippen LogP contribution in [0.5, 0.6) is 0 Å². The van der Waals surface area contributed by atoms with Crippen molar-refractivity contribution < 1.29 is 0 Å². The molecule has 4 heteroatoms. The summed E-state index contributed by atoms with van der Waals surface area (Å²) in [4.78, 5) is 0. The van der Waals surface area contributed by atoms with Gasteiger partial charge in [0.25, 0.3) is 0 Å². The predicted molar refractivity (Wildman–Crippen MR) is 458 cm³/mol. The number of benzene rings is 18. The Hall–Kier alpha value is -14.3. The summed E-state index contributed by atoms with van der Waals surface area (Å²) in [5.74, 6) is 0. The van der Waals surface area contributed by atoms with Gasteiger partial charge in [-0.25, -0.2) is 0 Å². The Morgan fingerprint density at radius 2 is 0.389 bits per heavy atom. The number of nitrogens with zero attached hydrogens (tertiary/aromatic N) is 4. The first-order chi connectivity index (χ1) is 53.5. The SMILES string of the molecule is c1ccc(-n2c3ccccc3c3cc(-c4ccc(-c5ccc6c(c5)c5ccc(-c7ccc8ccccc8c7)cc5n6-c5ccccc5)cc4)ccc32)cc1.c1ccc(-n2c3ccccc3c3cc(-c4ccc(-c5ccc6c(c5)c5ccc(-c7cccc8ccccc78)cc5n6-c5ccccc5)cc4)ccc32)cc1. The van der Waals surface area contributed by atoms with Crippen molar-refractivity contribution in [3.8, 4) is 89.5 Å². The van der Waals surface area contributed by atoms with E-state index >= 15 is 0 Å². The van der Waals surface area contributed by atoms with E-state index in [1.54, 1.807) is 0 Å². The third kappa shape index (κ3) is 10.6. The maximum Gasteiger partial charge on any atom is 0.0547 e. The van der Waals surface area contributed by atoms with Crippen LogP contribution in [0.4, 0.5) is 0 Å². The Bertz CT molecular complexity index is 7230. The molecule has 0 aliphatic heterocycles. The van der Waals surface area contributed by atoms with Crippen LogP contribution >= 0.6 is 0 Å². The summed E-state index contributed by atoms with van der Waals surface area (Å²) < 4.78 is 9.56. The van der Waals surface area contributed by atoms with Crippen LogP contribution in [0.15, 0.2) is 413 Å². The second kappa shape index (κ2) is 25.8. The molecule has 22 aromatic rings. The normalized spacial score (nSPS) is 11.7. The maximum atomic E-state index is 2.41. The Morgan fingerprint density at radius 1 is 0.120 bits per heavy atom. The Kier molecular flexibility index (Phi) is 14.9. The summed E-state index contributed by atoms with van der Waals surface area (Å²) in [6.45, 7) is 0. The third-order valence-corrected chi connectivity index (χ3v) is 22.2. The molecular formula is C104H68N4. The average molecular weight is 1370 g/mol. The summed E-state index contributed by atoms with van der Waals surface area (Å²) in [6.07, 6.45) is 0. The minimum Gasteiger partial charge on any atom is -0.309 e. The van der Waals surface area contributed by atoms with Crippen LogP contribution in [-0.4, -0.2) is 18.3 Å². The highest BCUT2D eigenvalue weighted by molar-refractivity contribution is 6.15. The van der Waals surface area contributed by atoms with E-state index in [2.05, 4.69) is 431 Å². The van der Waals surface area contributed by atoms with Gasteiger partial charge in [0.2, 0.25) is 0 Å². The lowest BCUT2D eigenvalue weighted by Gasteiger charge is -2.10. The van der Waals surface area contributed by atoms with E-state index in [-0.39, 0.29) is 0 Å². The summed E-state index contributed by atoms with van der Waals surface area (Å²) in [7, 11) is 0. The van der Waals surface area contributed by atoms with Gasteiger partial charge < -0.3 is 18.3 Å². The molecule has 0 unspecified atom stereocenters. The van der Waals surface area contributed by atoms with Crippen molar-refractivity contribution in [1.82, 2.24) is 18.3 Å². The first-order valence-corrected chi connectivity index (χ1v) is 37.2. The molecule has 0 N–H and O–H groups in total. The van der Waals surface area contributed by atoms with E-state index < -0.39 is 0 Å². The third-order valence-electron chi connectivity index (χ3n) is 22.2. The Labute approximate surface area is 625 Å². The number of para-hydroxylation sites is 6. The number of rotatable bonds is 10. The summed E-state index contributed by atoms with van der Waals surface area (Å²) in [5.41, 5.74) is 29.0. The van der Waals surface area contributed by atoms with Gasteiger partial charge in [-0.3, -0.25) is 0 Å². The lowest BCUT2D eigenvalue weighted by molar-refractivity contribution is 1.18. The van der Waals surface area contributed by atoms with Crippen molar-refractivity contribution in [2.75, 3.05) is 0 Å². The second-order valence-corrected chi connectivity index (χ2v) is 28.4. The number of fused-ring (bicyclic) bond motifs is 14. The number of hydrogen-bond acceptors (Lipinski definition) is 0. The van der Waals surface area contributed by atoms with E-state index in [0.717, 1.165) is 11.4 Å². The van der Waals surface area contributed by atoms with Gasteiger partial charge in [-0.05, 0) is 216 Å². The molecule has 0 bridgehead atoms. The zero-order valence-corrected chi connectivity index (χ0v) is 59.0. The van der Waals surface area contributed by atoms with Gasteiger partial charge in [-0.2, -0.15) is 0 Å². The minimum atomic E-state index is 1.16. The molecule has 0 atom stereocenters. The molecule has 0 aliphatic carbocycles. The molecular weight excluding hydrogens is 1310 g/mol. The van der Waals surface area contributed by atoms with Crippen molar-refractivity contribution in [3.63, 3.8) is 0 Å². The lowest BCUT2D eigenvalue weighted by Crippen LogP contribution is -1.93. The molecule has 4 nitrogen and oxygen atoms in total. The molecule has 4 heterocycles. The number of hydrogen-bond donors (Lipinski definition) is 0. The van der Waals surface area contributed by atoms with Crippen LogP contribution in [0, 0.1) is 0 Å². The monoisotopic (exact) mass is 1370 g/mol. The van der Waals surface area contributed by atoms with Gasteiger partial charge in [0.05, 0.1) is 44.1 Å². The molecule has 0 aliphatic rings. The fourth-order valence-corrected chi connectivity index (χ4v) is 17.0. The van der Waals surface area contributed by atoms with Gasteiger partial charge in [-0.1, -0.05) is 285 Å². The number of aromatic nitrogens is 4. The summed E-state index contributed by atoms with van der Waals surface area (Å²) in [6, 6.07) is 150. The zero-order valence-electron chi connectivity index (χ0n) is 59.0. The smallest absolute Gasteiger partial charge is 0.0547 e. The molecule has 504 valence electrons. The average Bonchev–Trinajstić information content (AvgIpc) is 1.58. The van der Waals surface area contributed by atoms with Crippen LogP contribution in [0.2, 0.25) is 0 Å². The van der Waals surface area contributed by atoms with E-state index in [0.29, 0.717) is 0 Å². The van der Waals surface area contributed by atoms with Crippen molar-refractivity contribution in [3.05, 3.63) is 413 Å². The molecule has 0 fully saturated rings. The van der Waals surface area contributed by atoms with Crippen LogP contribution in [0.3, 0.4) is 0 Å². The molecule has 108 heavy (non-hydrogen) atoms. The maximum absolute atomic E-state index is 2.41. The summed E-state index contributed by atoms with van der Waals surface area (Å²) >= 11 is 0. The van der Waals surface area contributed by atoms with E-state index in [4.69, 9.17) is 0 Å². The molecule has 0 radical (unpaired) electrons. The minimum absolute atomic E-state index is 1.16. The van der Waals surface area contributed by atoms with Crippen molar-refractivity contribution in [1.29, 1.82) is 0 Å². The molecule has 0 amide bonds. The topological polar surface area (TPSA) is 19.7 Å². The first-order valence-electron chi connectivity index (χ1n) is 37.2. The fourth-order valence-electron chi connectivity index (χ4n) is 17.0. The predicted octanol–water partition coefficient (Wildman–Crippen LogP) is 28.1. The highest BCUT2D eigenvalue weighted by atomic mass is 15.0. The first kappa shape index (κ1) is 62.3. The summed E-state index contributed by atoms with van der Waals surface area (Å²) in [5, 5.41) is 15.1. The highest BCUT2D eigenvalue weighted by Gasteiger charge is 2.20. The molecule has 0 saturated heterocycles. The highest BCUT2D eigenvalue weighted by Crippen LogP contribution is 2.43. The zero-order chi connectivity index (χ0) is 71.2. The molecule has 0 spiro atoms. The van der Waals surface area contributed by atoms with Gasteiger partial charge in [0, 0.05) is 65.8 Å². The second-order valence-electron chi connectivity index (χ2n) is 28.4. The van der Waals surface area contributed by atoms with Crippen molar-refractivity contribution >= 4 is 109 Å². The van der Waals surface area contributed by atoms with Crippen molar-refractivity contribution in [2.24, 2.45) is 0 Å². The van der Waals surface area contributed by atoms with Crippen molar-refractivity contribution in [2.45, 2.75) is 0 Å². The van der Waals surface area contributed by atoms with E-state index in [1.165, 1.54) is 187 Å². The van der Waals surface area contributed by atoms with Gasteiger partial charge in [0.1, 0.15) is 0 Å². The van der Waals surface area contributed by atoms with E-state index in [9.17, 15) is 0 Å². The van der Waals surface area contributed by atoms with Crippen LogP contribution in [-0.2, 0) is 0 Å². The molecule has 0 saturated carbocycles. The Morgan fingerprint density at radius 3 is 0.815 bits per heavy atom. The van der Waals surface area contributed by atoms with Gasteiger partial charge >= 0.3 is 0 Å². The van der Waals surface area contributed by atoms with E-state index in [1.807, 2.05) is 0 Å². The van der Waals surface area contributed by atoms with Crippen LogP contribution in [0.25, 0.3) is 198 Å². The largest absolute Gasteiger partial charge is 0.309 e. The molecule has 4 aromatic heterocycles. The van der Waals surface area contributed by atoms with Gasteiger partial charge in [-0.15, -0.1) is 0 Å². The molecule has 22 rings (SSSR count). The lowest BCUT2D eigenvalue weighted by atomic mass is 9.96. The standard InChI is InChI=1S/2C52H34N2/c1-3-14-41(15-4-1)53-49-21-10-9-19-45(49)47-32-38(27-30-50(47)53)35-22-24-36(25-23-35)39-28-31-51-48(33-39)46-29-26-40(34-52(46)54(51)42-16-5-2-6-17-42)44-20-11-13-37-12-7-8-18-43(37)44;1-3-13-43(14-4-1)53-49-18-10-9-17-45(49)47-32-40(26-29-50(47)53)36-19-21-37(22-20-36)41-27-30-51-48(33-41)46-28-25-42(34-52(46)54(51)44-15-5-2-6-16-44)39-24-23-35-11-7-8-12-38(35)31-39/h2*1-34H. The quantitative estimate of drug-likeness (QED) is 0.130. The van der Waals surface area contributed by atoms with Crippen LogP contribution < -0.4 is 0 Å². The Balaban J connectivity index is 0.000000138. The fraction of sp³-hybridized carbons (Fsp3) is 0. The van der Waals surface area contributed by atoms with Crippen LogP contribution in [0.1, 0.15) is 0 Å². The molecule has 18 aromatic carbocycles.